The highest BCUT2D eigenvalue weighted by Crippen LogP contribution is 2.41. The van der Waals surface area contributed by atoms with Gasteiger partial charge in [0.15, 0.2) is 11.5 Å². The third kappa shape index (κ3) is 1.95. The van der Waals surface area contributed by atoms with Crippen LogP contribution in [0.15, 0.2) is 18.3 Å². The number of nitrogens with one attached hydrogen (secondary N) is 1. The second kappa shape index (κ2) is 4.90. The van der Waals surface area contributed by atoms with Crippen molar-refractivity contribution in [2.45, 2.75) is 12.5 Å². The van der Waals surface area contributed by atoms with Gasteiger partial charge in [0.25, 0.3) is 0 Å². The highest BCUT2D eigenvalue weighted by molar-refractivity contribution is 5.82. The molecular formula is C14H14N4O4. The number of hydrogen-bond donors (Lipinski definition) is 1. The SMILES string of the molecule is COc1cc2c(cc1-c1cn(C3CCNC3=O)nn1)OCO2. The third-order valence-corrected chi connectivity index (χ3v) is 3.82. The molecule has 0 bridgehead atoms. The van der Waals surface area contributed by atoms with Crippen molar-refractivity contribution in [3.63, 3.8) is 0 Å². The maximum Gasteiger partial charge on any atom is 0.245 e. The van der Waals surface area contributed by atoms with Gasteiger partial charge in [-0.3, -0.25) is 4.79 Å². The number of benzene rings is 1. The fourth-order valence-corrected chi connectivity index (χ4v) is 2.68. The van der Waals surface area contributed by atoms with Crippen molar-refractivity contribution in [1.29, 1.82) is 0 Å². The molecule has 22 heavy (non-hydrogen) atoms. The van der Waals surface area contributed by atoms with Gasteiger partial charge in [0.1, 0.15) is 17.5 Å². The lowest BCUT2D eigenvalue weighted by molar-refractivity contribution is -0.122. The molecule has 3 heterocycles. The Bertz CT molecular complexity index is 742. The summed E-state index contributed by atoms with van der Waals surface area (Å²) < 4.78 is 17.7. The second-order valence-corrected chi connectivity index (χ2v) is 5.09. The quantitative estimate of drug-likeness (QED) is 0.900. The third-order valence-electron chi connectivity index (χ3n) is 3.82. The average Bonchev–Trinajstić information content (AvgIpc) is 3.24. The van der Waals surface area contributed by atoms with Crippen LogP contribution in [0.4, 0.5) is 0 Å². The fraction of sp³-hybridized carbons (Fsp3) is 0.357. The molecule has 2 aliphatic heterocycles. The molecule has 1 aromatic heterocycles. The molecule has 114 valence electrons. The average molecular weight is 302 g/mol. The van der Waals surface area contributed by atoms with Crippen LogP contribution in [0.25, 0.3) is 11.3 Å². The van der Waals surface area contributed by atoms with Gasteiger partial charge in [-0.2, -0.15) is 0 Å². The zero-order valence-corrected chi connectivity index (χ0v) is 11.9. The first-order valence-electron chi connectivity index (χ1n) is 6.94. The van der Waals surface area contributed by atoms with Crippen molar-refractivity contribution >= 4 is 5.91 Å². The normalized spacial score (nSPS) is 19.3. The minimum atomic E-state index is -0.304. The van der Waals surface area contributed by atoms with E-state index in [-0.39, 0.29) is 18.7 Å². The number of hydrogen-bond acceptors (Lipinski definition) is 6. The Morgan fingerprint density at radius 3 is 2.91 bits per heavy atom. The maximum atomic E-state index is 11.7. The molecule has 2 aliphatic rings. The number of nitrogens with zero attached hydrogens (tertiary/aromatic N) is 3. The topological polar surface area (TPSA) is 87.5 Å². The minimum Gasteiger partial charge on any atom is -0.496 e. The summed E-state index contributed by atoms with van der Waals surface area (Å²) in [7, 11) is 1.58. The molecule has 0 spiro atoms. The molecule has 0 saturated carbocycles. The van der Waals surface area contributed by atoms with E-state index in [1.165, 1.54) is 0 Å². The van der Waals surface area contributed by atoms with Gasteiger partial charge in [-0.1, -0.05) is 5.21 Å². The Hall–Kier alpha value is -2.77. The molecule has 1 amide bonds. The summed E-state index contributed by atoms with van der Waals surface area (Å²) in [4.78, 5) is 11.7. The Balaban J connectivity index is 1.73. The van der Waals surface area contributed by atoms with Gasteiger partial charge in [-0.15, -0.1) is 5.10 Å². The summed E-state index contributed by atoms with van der Waals surface area (Å²) in [6, 6.07) is 3.27. The molecule has 1 saturated heterocycles. The van der Waals surface area contributed by atoms with Crippen molar-refractivity contribution < 1.29 is 19.0 Å². The molecule has 1 N–H and O–H groups in total. The van der Waals surface area contributed by atoms with Gasteiger partial charge in [0, 0.05) is 18.2 Å². The Kier molecular flexibility index (Phi) is 2.88. The van der Waals surface area contributed by atoms with E-state index in [0.29, 0.717) is 35.9 Å². The number of carbonyl (C=O) groups excluding carboxylic acids is 1. The summed E-state index contributed by atoms with van der Waals surface area (Å²) in [6.45, 7) is 0.850. The van der Waals surface area contributed by atoms with Crippen LogP contribution in [0.2, 0.25) is 0 Å². The van der Waals surface area contributed by atoms with Gasteiger partial charge in [0.05, 0.1) is 13.3 Å². The van der Waals surface area contributed by atoms with Crippen LogP contribution in [0, 0.1) is 0 Å². The molecule has 2 aromatic rings. The Morgan fingerprint density at radius 2 is 2.18 bits per heavy atom. The van der Waals surface area contributed by atoms with Crippen molar-refractivity contribution in [2.24, 2.45) is 0 Å². The molecule has 0 aliphatic carbocycles. The molecule has 1 atom stereocenters. The van der Waals surface area contributed by atoms with Gasteiger partial charge < -0.3 is 19.5 Å². The van der Waals surface area contributed by atoms with E-state index in [1.807, 2.05) is 6.07 Å². The number of amides is 1. The highest BCUT2D eigenvalue weighted by atomic mass is 16.7. The van der Waals surface area contributed by atoms with Gasteiger partial charge in [-0.25, -0.2) is 4.68 Å². The zero-order valence-electron chi connectivity index (χ0n) is 11.9. The van der Waals surface area contributed by atoms with Crippen LogP contribution in [0.3, 0.4) is 0 Å². The summed E-state index contributed by atoms with van der Waals surface area (Å²) in [5, 5.41) is 11.0. The van der Waals surface area contributed by atoms with Gasteiger partial charge in [0.2, 0.25) is 12.7 Å². The first-order chi connectivity index (χ1) is 10.8. The van der Waals surface area contributed by atoms with E-state index in [4.69, 9.17) is 14.2 Å². The first-order valence-corrected chi connectivity index (χ1v) is 6.94. The van der Waals surface area contributed by atoms with Crippen molar-refractivity contribution in [3.8, 4) is 28.5 Å². The van der Waals surface area contributed by atoms with E-state index >= 15 is 0 Å². The van der Waals surface area contributed by atoms with E-state index in [2.05, 4.69) is 15.6 Å². The van der Waals surface area contributed by atoms with Crippen LogP contribution >= 0.6 is 0 Å². The smallest absolute Gasteiger partial charge is 0.245 e. The molecule has 1 aromatic carbocycles. The first kappa shape index (κ1) is 12.9. The standard InChI is InChI=1S/C14H14N4O4/c1-20-11-5-13-12(21-7-22-13)4-8(11)9-6-18(17-16-9)10-2-3-15-14(10)19/h4-6,10H,2-3,7H2,1H3,(H,15,19). The minimum absolute atomic E-state index is 0.0332. The number of aromatic nitrogens is 3. The molecule has 0 radical (unpaired) electrons. The monoisotopic (exact) mass is 302 g/mol. The number of rotatable bonds is 3. The molecule has 1 unspecified atom stereocenters. The zero-order chi connectivity index (χ0) is 15.1. The lowest BCUT2D eigenvalue weighted by Gasteiger charge is -2.07. The molecule has 1 fully saturated rings. The van der Waals surface area contributed by atoms with Crippen LogP contribution < -0.4 is 19.5 Å². The summed E-state index contributed by atoms with van der Waals surface area (Å²) >= 11 is 0. The largest absolute Gasteiger partial charge is 0.496 e. The molecule has 8 heteroatoms. The van der Waals surface area contributed by atoms with E-state index in [9.17, 15) is 4.79 Å². The van der Waals surface area contributed by atoms with Gasteiger partial charge >= 0.3 is 0 Å². The van der Waals surface area contributed by atoms with Crippen molar-refractivity contribution in [3.05, 3.63) is 18.3 Å². The van der Waals surface area contributed by atoms with E-state index in [0.717, 1.165) is 5.56 Å². The maximum absolute atomic E-state index is 11.7. The van der Waals surface area contributed by atoms with Crippen LogP contribution in [0.5, 0.6) is 17.2 Å². The lowest BCUT2D eigenvalue weighted by Crippen LogP contribution is -2.22. The summed E-state index contributed by atoms with van der Waals surface area (Å²) in [5.41, 5.74) is 1.37. The summed E-state index contributed by atoms with van der Waals surface area (Å²) in [6.07, 6.45) is 2.45. The number of carbonyl (C=O) groups is 1. The number of ether oxygens (including phenoxy) is 3. The molecule has 8 nitrogen and oxygen atoms in total. The highest BCUT2D eigenvalue weighted by Gasteiger charge is 2.28. The van der Waals surface area contributed by atoms with Crippen LogP contribution in [-0.4, -0.2) is 41.3 Å². The van der Waals surface area contributed by atoms with E-state index < -0.39 is 0 Å². The van der Waals surface area contributed by atoms with Crippen molar-refractivity contribution in [1.82, 2.24) is 20.3 Å². The molecule has 4 rings (SSSR count). The number of methoxy groups -OCH3 is 1. The van der Waals surface area contributed by atoms with E-state index in [1.54, 1.807) is 24.1 Å². The van der Waals surface area contributed by atoms with Crippen molar-refractivity contribution in [2.75, 3.05) is 20.4 Å². The predicted molar refractivity (Wildman–Crippen MR) is 74.8 cm³/mol. The Morgan fingerprint density at radius 1 is 1.36 bits per heavy atom. The predicted octanol–water partition coefficient (Wildman–Crippen LogP) is 0.743. The van der Waals surface area contributed by atoms with Gasteiger partial charge in [-0.05, 0) is 12.5 Å². The van der Waals surface area contributed by atoms with Crippen LogP contribution in [0.1, 0.15) is 12.5 Å². The fourth-order valence-electron chi connectivity index (χ4n) is 2.68. The lowest BCUT2D eigenvalue weighted by atomic mass is 10.1. The van der Waals surface area contributed by atoms with Crippen LogP contribution in [-0.2, 0) is 4.79 Å². The summed E-state index contributed by atoms with van der Waals surface area (Å²) in [5.74, 6) is 1.87. The number of fused-ring (bicyclic) bond motifs is 1. The second-order valence-electron chi connectivity index (χ2n) is 5.09. The Labute approximate surface area is 126 Å². The molecular weight excluding hydrogens is 288 g/mol.